The molecule has 0 saturated carbocycles. The van der Waals surface area contributed by atoms with Crippen LogP contribution >= 0.6 is 0 Å². The van der Waals surface area contributed by atoms with Crippen LogP contribution in [-0.4, -0.2) is 0 Å². The summed E-state index contributed by atoms with van der Waals surface area (Å²) in [5.74, 6) is 0.188. The van der Waals surface area contributed by atoms with Crippen LogP contribution in [0.2, 0.25) is 0 Å². The second kappa shape index (κ2) is 21.5. The highest BCUT2D eigenvalue weighted by molar-refractivity contribution is 5.57. The summed E-state index contributed by atoms with van der Waals surface area (Å²) >= 11 is 0. The largest absolute Gasteiger partial charge is 0.399 e. The van der Waals surface area contributed by atoms with Crippen molar-refractivity contribution in [1.29, 1.82) is 0 Å². The van der Waals surface area contributed by atoms with Crippen LogP contribution in [0, 0.1) is 0 Å². The molecule has 10 aromatic rings. The van der Waals surface area contributed by atoms with Gasteiger partial charge in [0.05, 0.1) is 0 Å². The second-order valence-corrected chi connectivity index (χ2v) is 18.4. The maximum atomic E-state index is 6.00. The predicted octanol–water partition coefficient (Wildman–Crippen LogP) is 12.8. The van der Waals surface area contributed by atoms with E-state index in [1.807, 2.05) is 97.1 Å². The summed E-state index contributed by atoms with van der Waals surface area (Å²) in [7, 11) is 0. The van der Waals surface area contributed by atoms with E-state index in [2.05, 4.69) is 146 Å². The van der Waals surface area contributed by atoms with E-state index >= 15 is 0 Å². The van der Waals surface area contributed by atoms with Crippen LogP contribution in [0.5, 0.6) is 0 Å². The number of nitrogen functional groups attached to an aromatic ring is 8. The zero-order valence-corrected chi connectivity index (χ0v) is 40.0. The van der Waals surface area contributed by atoms with Crippen molar-refractivity contribution in [2.45, 2.75) is 23.7 Å². The van der Waals surface area contributed by atoms with Gasteiger partial charge in [0.15, 0.2) is 0 Å². The molecule has 0 atom stereocenters. The van der Waals surface area contributed by atoms with E-state index in [-0.39, 0.29) is 23.7 Å². The summed E-state index contributed by atoms with van der Waals surface area (Å²) in [6.07, 6.45) is 0. The van der Waals surface area contributed by atoms with Crippen LogP contribution in [-0.2, 0) is 0 Å². The first-order valence-electron chi connectivity index (χ1n) is 24.0. The standard InChI is InChI=1S/2C32H30N4/c33-27-13-5-23(6-14-27)31(24-7-15-28(34)16-8-24)21-1-2-22(4-3-21)32(25-9-17-29(35)18-10-25)26-11-19-30(36)20-12-26;33-27-12-4-21(5-13-27)31(22-6-14-28(34)15-7-22)25-2-1-3-26(20-25)32(23-8-16-29(35)17-9-23)24-10-18-30(36)19-11-24/h2*1-20,31-32H,33-36H2. The average molecular weight is 941 g/mol. The van der Waals surface area contributed by atoms with E-state index in [1.54, 1.807) is 0 Å². The first kappa shape index (κ1) is 47.7. The van der Waals surface area contributed by atoms with Crippen molar-refractivity contribution >= 4 is 45.5 Å². The summed E-state index contributed by atoms with van der Waals surface area (Å²) in [5.41, 5.74) is 68.1. The van der Waals surface area contributed by atoms with Gasteiger partial charge in [-0.15, -0.1) is 0 Å². The molecule has 0 aliphatic carbocycles. The Kier molecular flexibility index (Phi) is 14.2. The van der Waals surface area contributed by atoms with Crippen molar-refractivity contribution in [3.05, 3.63) is 309 Å². The van der Waals surface area contributed by atoms with Crippen molar-refractivity contribution in [1.82, 2.24) is 0 Å². The molecule has 0 aromatic heterocycles. The quantitative estimate of drug-likeness (QED) is 0.0435. The second-order valence-electron chi connectivity index (χ2n) is 18.4. The SMILES string of the molecule is Nc1ccc(C(c2ccc(N)cc2)c2ccc(C(c3ccc(N)cc3)c3ccc(N)cc3)cc2)cc1.Nc1ccc(C(c2ccc(N)cc2)c2cccc(C(c3ccc(N)cc3)c3ccc(N)cc3)c2)cc1. The highest BCUT2D eigenvalue weighted by Gasteiger charge is 2.23. The van der Waals surface area contributed by atoms with E-state index in [0.29, 0.717) is 0 Å². The molecule has 0 unspecified atom stereocenters. The normalized spacial score (nSPS) is 11.2. The zero-order valence-electron chi connectivity index (χ0n) is 40.0. The molecule has 0 bridgehead atoms. The van der Waals surface area contributed by atoms with E-state index in [9.17, 15) is 0 Å². The molecule has 72 heavy (non-hydrogen) atoms. The molecule has 0 aliphatic heterocycles. The van der Waals surface area contributed by atoms with Crippen LogP contribution in [0.25, 0.3) is 0 Å². The van der Waals surface area contributed by atoms with Gasteiger partial charge in [-0.25, -0.2) is 0 Å². The minimum Gasteiger partial charge on any atom is -0.399 e. The molecule has 0 radical (unpaired) electrons. The molecule has 0 heterocycles. The number of rotatable bonds is 12. The van der Waals surface area contributed by atoms with Crippen molar-refractivity contribution in [3.63, 3.8) is 0 Å². The monoisotopic (exact) mass is 940 g/mol. The number of hydrogen-bond acceptors (Lipinski definition) is 8. The van der Waals surface area contributed by atoms with Crippen molar-refractivity contribution < 1.29 is 0 Å². The van der Waals surface area contributed by atoms with Crippen molar-refractivity contribution in [3.8, 4) is 0 Å². The Morgan fingerprint density at radius 3 is 0.431 bits per heavy atom. The third-order valence-electron chi connectivity index (χ3n) is 13.3. The Morgan fingerprint density at radius 2 is 0.278 bits per heavy atom. The van der Waals surface area contributed by atoms with Crippen LogP contribution in [0.4, 0.5) is 45.5 Å². The molecule has 10 aromatic carbocycles. The third kappa shape index (κ3) is 11.2. The number of benzene rings is 10. The highest BCUT2D eigenvalue weighted by Crippen LogP contribution is 2.40. The maximum absolute atomic E-state index is 6.00. The maximum Gasteiger partial charge on any atom is 0.0340 e. The Morgan fingerprint density at radius 1 is 0.153 bits per heavy atom. The summed E-state index contributed by atoms with van der Waals surface area (Å²) in [5, 5.41) is 0. The topological polar surface area (TPSA) is 208 Å². The fourth-order valence-corrected chi connectivity index (χ4v) is 9.62. The fourth-order valence-electron chi connectivity index (χ4n) is 9.62. The van der Waals surface area contributed by atoms with Gasteiger partial charge >= 0.3 is 0 Å². The molecule has 8 nitrogen and oxygen atoms in total. The first-order chi connectivity index (χ1) is 34.9. The fraction of sp³-hybridized carbons (Fsp3) is 0.0625. The lowest BCUT2D eigenvalue weighted by Gasteiger charge is -2.23. The smallest absolute Gasteiger partial charge is 0.0340 e. The van der Waals surface area contributed by atoms with Crippen molar-refractivity contribution in [2.75, 3.05) is 45.9 Å². The molecule has 0 fully saturated rings. The van der Waals surface area contributed by atoms with Crippen LogP contribution < -0.4 is 45.9 Å². The van der Waals surface area contributed by atoms with Gasteiger partial charge in [-0.1, -0.05) is 146 Å². The lowest BCUT2D eigenvalue weighted by atomic mass is 9.80. The Balaban J connectivity index is 0.000000178. The summed E-state index contributed by atoms with van der Waals surface area (Å²) in [6.45, 7) is 0. The van der Waals surface area contributed by atoms with E-state index in [4.69, 9.17) is 45.9 Å². The number of nitrogens with two attached hydrogens (primary N) is 8. The Labute approximate surface area is 422 Å². The lowest BCUT2D eigenvalue weighted by molar-refractivity contribution is 0.940. The molecule has 356 valence electrons. The first-order valence-corrected chi connectivity index (χ1v) is 24.0. The van der Waals surface area contributed by atoms with Gasteiger partial charge in [0.1, 0.15) is 0 Å². The van der Waals surface area contributed by atoms with Gasteiger partial charge in [0.25, 0.3) is 0 Å². The molecular formula is C64H60N8. The van der Waals surface area contributed by atoms with Gasteiger partial charge in [-0.05, 0) is 164 Å². The van der Waals surface area contributed by atoms with Gasteiger partial charge in [0.2, 0.25) is 0 Å². The van der Waals surface area contributed by atoms with E-state index in [1.165, 1.54) is 66.8 Å². The molecule has 0 amide bonds. The molecular weight excluding hydrogens is 881 g/mol. The summed E-state index contributed by atoms with van der Waals surface area (Å²) in [6, 6.07) is 82.4. The van der Waals surface area contributed by atoms with Gasteiger partial charge < -0.3 is 45.9 Å². The van der Waals surface area contributed by atoms with Gasteiger partial charge in [-0.2, -0.15) is 0 Å². The lowest BCUT2D eigenvalue weighted by Crippen LogP contribution is -2.08. The summed E-state index contributed by atoms with van der Waals surface area (Å²) < 4.78 is 0. The molecule has 0 saturated heterocycles. The van der Waals surface area contributed by atoms with Crippen LogP contribution in [0.3, 0.4) is 0 Å². The average Bonchev–Trinajstić information content (AvgIpc) is 3.40. The van der Waals surface area contributed by atoms with Gasteiger partial charge in [-0.3, -0.25) is 0 Å². The van der Waals surface area contributed by atoms with E-state index < -0.39 is 0 Å². The predicted molar refractivity (Wildman–Crippen MR) is 303 cm³/mol. The Hall–Kier alpha value is -9.40. The highest BCUT2D eigenvalue weighted by atomic mass is 14.6. The zero-order chi connectivity index (χ0) is 50.1. The number of anilines is 8. The van der Waals surface area contributed by atoms with Crippen molar-refractivity contribution in [2.24, 2.45) is 0 Å². The number of hydrogen-bond donors (Lipinski definition) is 8. The molecule has 16 N–H and O–H groups in total. The third-order valence-corrected chi connectivity index (χ3v) is 13.3. The van der Waals surface area contributed by atoms with E-state index in [0.717, 1.165) is 45.5 Å². The summed E-state index contributed by atoms with van der Waals surface area (Å²) in [4.78, 5) is 0. The molecule has 8 heteroatoms. The molecule has 0 aliphatic rings. The van der Waals surface area contributed by atoms with Gasteiger partial charge in [0, 0.05) is 69.2 Å². The minimum absolute atomic E-state index is 0.0321. The van der Waals surface area contributed by atoms with Crippen LogP contribution in [0.15, 0.2) is 243 Å². The molecule has 0 spiro atoms. The Bertz CT molecular complexity index is 2910. The molecule has 10 rings (SSSR count). The van der Waals surface area contributed by atoms with Crippen LogP contribution in [0.1, 0.15) is 90.4 Å². The minimum atomic E-state index is 0.0321.